The van der Waals surface area contributed by atoms with Crippen LogP contribution in [-0.2, 0) is 14.3 Å². The van der Waals surface area contributed by atoms with Crippen molar-refractivity contribution in [3.8, 4) is 0 Å². The number of thioether (sulfide) groups is 1. The fourth-order valence-corrected chi connectivity index (χ4v) is 2.62. The lowest BCUT2D eigenvalue weighted by molar-refractivity contribution is -0.145. The maximum atomic E-state index is 11.5. The van der Waals surface area contributed by atoms with Crippen LogP contribution in [0.5, 0.6) is 0 Å². The molecular formula is C8H13ClN2O3S. The Bertz CT molecular complexity index is 264. The summed E-state index contributed by atoms with van der Waals surface area (Å²) in [7, 11) is 1.30. The van der Waals surface area contributed by atoms with Crippen LogP contribution in [0.4, 0.5) is 0 Å². The summed E-state index contributed by atoms with van der Waals surface area (Å²) in [6.07, 6.45) is 0. The number of rotatable bonds is 2. The number of hydrogen-bond donors (Lipinski definition) is 2. The van der Waals surface area contributed by atoms with Crippen LogP contribution in [0.3, 0.4) is 0 Å². The van der Waals surface area contributed by atoms with Gasteiger partial charge in [-0.3, -0.25) is 4.79 Å². The second-order valence-corrected chi connectivity index (χ2v) is 4.84. The number of carbonyl (C=O) groups excluding carboxylic acids is 2. The summed E-state index contributed by atoms with van der Waals surface area (Å²) in [6.45, 7) is 1.86. The molecule has 0 spiro atoms. The second kappa shape index (κ2) is 5.58. The molecule has 1 fully saturated rings. The molecule has 0 aromatic carbocycles. The number of methoxy groups -OCH3 is 1. The van der Waals surface area contributed by atoms with Crippen LogP contribution < -0.4 is 10.2 Å². The zero-order valence-corrected chi connectivity index (χ0v) is 10.0. The van der Waals surface area contributed by atoms with Gasteiger partial charge in [-0.1, -0.05) is 6.92 Å². The average Bonchev–Trinajstić information content (AvgIpc) is 2.38. The van der Waals surface area contributed by atoms with Gasteiger partial charge in [0, 0.05) is 11.0 Å². The molecule has 0 radical (unpaired) electrons. The minimum Gasteiger partial charge on any atom is -0.467 e. The summed E-state index contributed by atoms with van der Waals surface area (Å²) in [4.78, 5) is 25.3. The Labute approximate surface area is 97.4 Å². The van der Waals surface area contributed by atoms with Crippen molar-refractivity contribution in [3.63, 3.8) is 0 Å². The molecule has 3 atom stereocenters. The first-order chi connectivity index (χ1) is 7.10. The first kappa shape index (κ1) is 12.6. The molecule has 1 aliphatic heterocycles. The molecule has 1 amide bonds. The Kier molecular flexibility index (Phi) is 4.69. The fourth-order valence-electron chi connectivity index (χ4n) is 1.25. The molecule has 15 heavy (non-hydrogen) atoms. The van der Waals surface area contributed by atoms with Crippen LogP contribution in [0.15, 0.2) is 0 Å². The molecule has 1 saturated heterocycles. The Hall–Kier alpha value is -0.460. The second-order valence-electron chi connectivity index (χ2n) is 3.21. The van der Waals surface area contributed by atoms with E-state index >= 15 is 0 Å². The van der Waals surface area contributed by atoms with Gasteiger partial charge in [-0.2, -0.15) is 11.8 Å². The van der Waals surface area contributed by atoms with Gasteiger partial charge in [-0.05, 0) is 11.8 Å². The number of hydrogen-bond acceptors (Lipinski definition) is 5. The first-order valence-corrected chi connectivity index (χ1v) is 5.88. The molecule has 5 nitrogen and oxygen atoms in total. The van der Waals surface area contributed by atoms with Gasteiger partial charge in [-0.15, -0.1) is 0 Å². The van der Waals surface area contributed by atoms with E-state index in [4.69, 9.17) is 11.8 Å². The Morgan fingerprint density at radius 3 is 2.93 bits per heavy atom. The summed E-state index contributed by atoms with van der Waals surface area (Å²) in [5.74, 6) is -0.180. The van der Waals surface area contributed by atoms with Gasteiger partial charge < -0.3 is 10.1 Å². The van der Waals surface area contributed by atoms with Crippen LogP contribution in [0, 0.1) is 0 Å². The van der Waals surface area contributed by atoms with Crippen molar-refractivity contribution in [2.24, 2.45) is 0 Å². The summed E-state index contributed by atoms with van der Waals surface area (Å²) in [6, 6.07) is -1.09. The van der Waals surface area contributed by atoms with Gasteiger partial charge in [0.15, 0.2) is 0 Å². The lowest BCUT2D eigenvalue weighted by atomic mass is 10.2. The van der Waals surface area contributed by atoms with Crippen molar-refractivity contribution in [1.82, 2.24) is 10.2 Å². The normalized spacial score (nSPS) is 31.7. The van der Waals surface area contributed by atoms with E-state index in [1.165, 1.54) is 18.9 Å². The topological polar surface area (TPSA) is 67.4 Å². The third-order valence-electron chi connectivity index (χ3n) is 2.20. The third kappa shape index (κ3) is 2.99. The number of carbonyl (C=O) groups is 2. The highest BCUT2D eigenvalue weighted by Crippen LogP contribution is 2.20. The first-order valence-electron chi connectivity index (χ1n) is 4.46. The molecule has 1 rings (SSSR count). The van der Waals surface area contributed by atoms with E-state index in [0.717, 1.165) is 0 Å². The van der Waals surface area contributed by atoms with Crippen molar-refractivity contribution in [2.75, 3.05) is 12.9 Å². The molecule has 86 valence electrons. The van der Waals surface area contributed by atoms with E-state index in [1.54, 1.807) is 0 Å². The molecule has 0 saturated carbocycles. The number of ether oxygens (including phenoxy) is 1. The summed E-state index contributed by atoms with van der Waals surface area (Å²) in [5, 5.41) is 2.57. The molecule has 0 aliphatic carbocycles. The Balaban J connectivity index is 2.74. The minimum atomic E-state index is -0.609. The van der Waals surface area contributed by atoms with E-state index in [1.807, 2.05) is 6.92 Å². The van der Waals surface area contributed by atoms with Crippen LogP contribution in [0.2, 0.25) is 0 Å². The SMILES string of the molecule is COC(=O)[C@H]1NC(=O)[C@@H](NCl)CS[C@H]1C. The molecule has 7 heteroatoms. The molecular weight excluding hydrogens is 240 g/mol. The highest BCUT2D eigenvalue weighted by Gasteiger charge is 2.34. The van der Waals surface area contributed by atoms with Crippen molar-refractivity contribution in [3.05, 3.63) is 0 Å². The molecule has 2 N–H and O–H groups in total. The average molecular weight is 253 g/mol. The van der Waals surface area contributed by atoms with Crippen LogP contribution in [0.25, 0.3) is 0 Å². The van der Waals surface area contributed by atoms with Gasteiger partial charge in [0.2, 0.25) is 5.91 Å². The van der Waals surface area contributed by atoms with Crippen LogP contribution >= 0.6 is 23.5 Å². The smallest absolute Gasteiger partial charge is 0.329 e. The van der Waals surface area contributed by atoms with E-state index in [-0.39, 0.29) is 11.2 Å². The highest BCUT2D eigenvalue weighted by molar-refractivity contribution is 8.00. The van der Waals surface area contributed by atoms with E-state index in [9.17, 15) is 9.59 Å². The van der Waals surface area contributed by atoms with Gasteiger partial charge in [0.05, 0.1) is 7.11 Å². The lowest BCUT2D eigenvalue weighted by Crippen LogP contribution is -2.50. The quantitative estimate of drug-likeness (QED) is 0.530. The third-order valence-corrected chi connectivity index (χ3v) is 3.78. The molecule has 0 bridgehead atoms. The minimum absolute atomic E-state index is 0.0311. The van der Waals surface area contributed by atoms with Crippen molar-refractivity contribution in [1.29, 1.82) is 0 Å². The molecule has 0 unspecified atom stereocenters. The summed E-state index contributed by atoms with van der Waals surface area (Å²) >= 11 is 6.91. The van der Waals surface area contributed by atoms with E-state index in [0.29, 0.717) is 5.75 Å². The van der Waals surface area contributed by atoms with Gasteiger partial charge in [0.25, 0.3) is 0 Å². The van der Waals surface area contributed by atoms with E-state index in [2.05, 4.69) is 14.9 Å². The van der Waals surface area contributed by atoms with Crippen molar-refractivity contribution < 1.29 is 14.3 Å². The molecule has 1 aliphatic rings. The monoisotopic (exact) mass is 252 g/mol. The zero-order valence-electron chi connectivity index (χ0n) is 8.45. The zero-order chi connectivity index (χ0) is 11.4. The predicted octanol–water partition coefficient (Wildman–Crippen LogP) is -0.109. The largest absolute Gasteiger partial charge is 0.467 e. The summed E-state index contributed by atoms with van der Waals surface area (Å²) < 4.78 is 4.61. The fraction of sp³-hybridized carbons (Fsp3) is 0.750. The van der Waals surface area contributed by atoms with Gasteiger partial charge in [0.1, 0.15) is 12.1 Å². The predicted molar refractivity (Wildman–Crippen MR) is 58.6 cm³/mol. The van der Waals surface area contributed by atoms with Crippen molar-refractivity contribution >= 4 is 35.4 Å². The van der Waals surface area contributed by atoms with Crippen LogP contribution in [-0.4, -0.2) is 42.1 Å². The Morgan fingerprint density at radius 2 is 2.40 bits per heavy atom. The molecule has 0 aromatic rings. The standard InChI is InChI=1S/C8H13ClN2O3S/c1-4-6(8(13)14-2)10-7(12)5(11-9)3-15-4/h4-6,11H,3H2,1-2H3,(H,10,12)/t4-,5-,6-/m0/s1. The maximum Gasteiger partial charge on any atom is 0.329 e. The van der Waals surface area contributed by atoms with E-state index < -0.39 is 18.1 Å². The summed E-state index contributed by atoms with van der Waals surface area (Å²) in [5.41, 5.74) is 0. The lowest BCUT2D eigenvalue weighted by Gasteiger charge is -2.18. The van der Waals surface area contributed by atoms with Crippen LogP contribution in [0.1, 0.15) is 6.92 Å². The number of amides is 1. The number of halogens is 1. The maximum absolute atomic E-state index is 11.5. The Morgan fingerprint density at radius 1 is 1.73 bits per heavy atom. The number of nitrogens with one attached hydrogen (secondary N) is 2. The van der Waals surface area contributed by atoms with Gasteiger partial charge in [-0.25, -0.2) is 9.63 Å². The van der Waals surface area contributed by atoms with Crippen molar-refractivity contribution in [2.45, 2.75) is 24.3 Å². The highest BCUT2D eigenvalue weighted by atomic mass is 35.5. The number of esters is 1. The molecule has 0 aromatic heterocycles. The molecule has 1 heterocycles. The van der Waals surface area contributed by atoms with Gasteiger partial charge >= 0.3 is 5.97 Å².